The van der Waals surface area contributed by atoms with Gasteiger partial charge in [0.1, 0.15) is 17.2 Å². The van der Waals surface area contributed by atoms with Gasteiger partial charge in [0.25, 0.3) is 5.91 Å². The van der Waals surface area contributed by atoms with Crippen molar-refractivity contribution in [2.24, 2.45) is 10.7 Å². The van der Waals surface area contributed by atoms with Crippen molar-refractivity contribution in [1.82, 2.24) is 4.90 Å². The van der Waals surface area contributed by atoms with E-state index < -0.39 is 5.54 Å². The molecule has 1 unspecified atom stereocenters. The molecular formula is C21H19ClFN3O2. The summed E-state index contributed by atoms with van der Waals surface area (Å²) in [6, 6.07) is 9.77. The highest BCUT2D eigenvalue weighted by molar-refractivity contribution is 6.30. The fourth-order valence-electron chi connectivity index (χ4n) is 4.50. The lowest BCUT2D eigenvalue weighted by Crippen LogP contribution is -2.54. The molecule has 1 aliphatic carbocycles. The predicted octanol–water partition coefficient (Wildman–Crippen LogP) is 3.83. The highest BCUT2D eigenvalue weighted by Crippen LogP contribution is 2.55. The molecule has 2 spiro atoms. The van der Waals surface area contributed by atoms with E-state index in [-0.39, 0.29) is 23.3 Å². The maximum Gasteiger partial charge on any atom is 0.261 e. The molecule has 0 saturated heterocycles. The summed E-state index contributed by atoms with van der Waals surface area (Å²) >= 11 is 6.07. The first kappa shape index (κ1) is 17.5. The van der Waals surface area contributed by atoms with Gasteiger partial charge in [0.2, 0.25) is 0 Å². The molecule has 1 saturated carbocycles. The lowest BCUT2D eigenvalue weighted by atomic mass is 9.67. The first-order chi connectivity index (χ1) is 13.3. The van der Waals surface area contributed by atoms with Crippen molar-refractivity contribution in [1.29, 1.82) is 0 Å². The Morgan fingerprint density at radius 2 is 2.04 bits per heavy atom. The number of nitrogens with zero attached hydrogens (tertiary/aromatic N) is 2. The topological polar surface area (TPSA) is 67.9 Å². The van der Waals surface area contributed by atoms with E-state index in [0.29, 0.717) is 33.9 Å². The number of ether oxygens (including phenoxy) is 1. The standard InChI is InChI=1S/C21H19ClFN3O2/c1-26-18(27)21(25-19(26)24)11-20(7-2-8-20)28-17-6-3-12(9-15(17)21)14-10-13(22)4-5-16(14)23/h3-6,9-10H,2,7-8,11H2,1H3,(H2,24,25). The van der Waals surface area contributed by atoms with Crippen LogP contribution in [0.5, 0.6) is 5.75 Å². The average Bonchev–Trinajstić information content (AvgIpc) is 2.86. The van der Waals surface area contributed by atoms with E-state index in [0.717, 1.165) is 19.3 Å². The number of halogens is 2. The first-order valence-electron chi connectivity index (χ1n) is 9.26. The van der Waals surface area contributed by atoms with E-state index in [1.807, 2.05) is 0 Å². The Morgan fingerprint density at radius 3 is 2.68 bits per heavy atom. The van der Waals surface area contributed by atoms with Gasteiger partial charge in [-0.15, -0.1) is 0 Å². The van der Waals surface area contributed by atoms with Crippen molar-refractivity contribution in [2.75, 3.05) is 7.05 Å². The molecule has 5 nitrogen and oxygen atoms in total. The van der Waals surface area contributed by atoms with Crippen LogP contribution in [0.4, 0.5) is 4.39 Å². The van der Waals surface area contributed by atoms with Gasteiger partial charge in [0.15, 0.2) is 11.5 Å². The molecule has 1 fully saturated rings. The Kier molecular flexibility index (Phi) is 3.56. The number of carbonyl (C=O) groups excluding carboxylic acids is 1. The second kappa shape index (κ2) is 5.70. The second-order valence-corrected chi connectivity index (χ2v) is 8.28. The van der Waals surface area contributed by atoms with E-state index in [2.05, 4.69) is 4.99 Å². The number of carbonyl (C=O) groups is 1. The van der Waals surface area contributed by atoms with Crippen LogP contribution in [0.15, 0.2) is 41.4 Å². The highest BCUT2D eigenvalue weighted by Gasteiger charge is 2.59. The zero-order valence-electron chi connectivity index (χ0n) is 15.3. The smallest absolute Gasteiger partial charge is 0.261 e. The van der Waals surface area contributed by atoms with Gasteiger partial charge >= 0.3 is 0 Å². The number of benzene rings is 2. The fraction of sp³-hybridized carbons (Fsp3) is 0.333. The van der Waals surface area contributed by atoms with Gasteiger partial charge in [-0.1, -0.05) is 17.7 Å². The molecular weight excluding hydrogens is 381 g/mol. The van der Waals surface area contributed by atoms with E-state index in [1.165, 1.54) is 17.0 Å². The molecule has 0 bridgehead atoms. The molecule has 3 aliphatic rings. The summed E-state index contributed by atoms with van der Waals surface area (Å²) in [5, 5.41) is 0.437. The van der Waals surface area contributed by atoms with Gasteiger partial charge in [-0.05, 0) is 55.2 Å². The van der Waals surface area contributed by atoms with E-state index in [4.69, 9.17) is 22.1 Å². The van der Waals surface area contributed by atoms with Gasteiger partial charge < -0.3 is 10.5 Å². The molecule has 2 N–H and O–H groups in total. The Hall–Kier alpha value is -2.60. The number of rotatable bonds is 1. The monoisotopic (exact) mass is 399 g/mol. The molecule has 2 heterocycles. The number of guanidine groups is 1. The number of likely N-dealkylation sites (N-methyl/N-ethyl adjacent to an activating group) is 1. The molecule has 0 aromatic heterocycles. The second-order valence-electron chi connectivity index (χ2n) is 7.84. The Morgan fingerprint density at radius 1 is 1.25 bits per heavy atom. The molecule has 1 atom stereocenters. The molecule has 0 radical (unpaired) electrons. The molecule has 1 amide bonds. The minimum atomic E-state index is -1.13. The quantitative estimate of drug-likeness (QED) is 0.792. The first-order valence-corrected chi connectivity index (χ1v) is 9.64. The highest BCUT2D eigenvalue weighted by atomic mass is 35.5. The fourth-order valence-corrected chi connectivity index (χ4v) is 4.67. The van der Waals surface area contributed by atoms with Crippen LogP contribution in [0.2, 0.25) is 5.02 Å². The van der Waals surface area contributed by atoms with Crippen molar-refractivity contribution in [3.63, 3.8) is 0 Å². The SMILES string of the molecule is CN1C(=O)C2(CC3(CCC3)Oc3ccc(-c4cc(Cl)ccc4F)cc32)N=C1N. The Bertz CT molecular complexity index is 1050. The van der Waals surface area contributed by atoms with Gasteiger partial charge in [0, 0.05) is 29.6 Å². The van der Waals surface area contributed by atoms with Gasteiger partial charge in [0.05, 0.1) is 0 Å². The zero-order chi connectivity index (χ0) is 19.7. The van der Waals surface area contributed by atoms with E-state index >= 15 is 0 Å². The van der Waals surface area contributed by atoms with Crippen LogP contribution in [-0.4, -0.2) is 29.4 Å². The van der Waals surface area contributed by atoms with Crippen molar-refractivity contribution >= 4 is 23.5 Å². The third kappa shape index (κ3) is 2.30. The van der Waals surface area contributed by atoms with Crippen LogP contribution in [0.3, 0.4) is 0 Å². The van der Waals surface area contributed by atoms with Crippen LogP contribution >= 0.6 is 11.6 Å². The maximum absolute atomic E-state index is 14.4. The number of aliphatic imine (C=N–C) groups is 1. The van der Waals surface area contributed by atoms with Crippen molar-refractivity contribution in [2.45, 2.75) is 36.8 Å². The molecule has 2 aromatic carbocycles. The number of fused-ring (bicyclic) bond motifs is 2. The molecule has 2 aromatic rings. The Labute approximate surface area is 166 Å². The average molecular weight is 400 g/mol. The number of hydrogen-bond donors (Lipinski definition) is 1. The van der Waals surface area contributed by atoms with Crippen molar-refractivity contribution in [3.8, 4) is 16.9 Å². The lowest BCUT2D eigenvalue weighted by Gasteiger charge is -2.50. The minimum absolute atomic E-state index is 0.176. The summed E-state index contributed by atoms with van der Waals surface area (Å²) in [5.74, 6) is 0.233. The van der Waals surface area contributed by atoms with Crippen molar-refractivity contribution in [3.05, 3.63) is 52.8 Å². The number of hydrogen-bond acceptors (Lipinski definition) is 4. The van der Waals surface area contributed by atoms with Gasteiger partial charge in [-0.3, -0.25) is 9.69 Å². The molecule has 144 valence electrons. The number of nitrogens with two attached hydrogens (primary N) is 1. The summed E-state index contributed by atoms with van der Waals surface area (Å²) < 4.78 is 20.7. The maximum atomic E-state index is 14.4. The summed E-state index contributed by atoms with van der Waals surface area (Å²) in [6.07, 6.45) is 3.26. The summed E-state index contributed by atoms with van der Waals surface area (Å²) in [5.41, 5.74) is 6.10. The van der Waals surface area contributed by atoms with Gasteiger partial charge in [-0.2, -0.15) is 0 Å². The molecule has 7 heteroatoms. The van der Waals surface area contributed by atoms with Gasteiger partial charge in [-0.25, -0.2) is 9.38 Å². The summed E-state index contributed by atoms with van der Waals surface area (Å²) in [4.78, 5) is 19.2. The Balaban J connectivity index is 1.71. The van der Waals surface area contributed by atoms with Crippen LogP contribution in [-0.2, 0) is 10.3 Å². The zero-order valence-corrected chi connectivity index (χ0v) is 16.1. The normalized spacial score (nSPS) is 24.8. The molecule has 28 heavy (non-hydrogen) atoms. The minimum Gasteiger partial charge on any atom is -0.487 e. The van der Waals surface area contributed by atoms with E-state index in [9.17, 15) is 9.18 Å². The molecule has 5 rings (SSSR count). The molecule has 2 aliphatic heterocycles. The number of amides is 1. The van der Waals surface area contributed by atoms with Crippen LogP contribution in [0, 0.1) is 5.82 Å². The van der Waals surface area contributed by atoms with E-state index in [1.54, 1.807) is 31.3 Å². The predicted molar refractivity (Wildman–Crippen MR) is 105 cm³/mol. The van der Waals surface area contributed by atoms with Crippen LogP contribution < -0.4 is 10.5 Å². The lowest BCUT2D eigenvalue weighted by molar-refractivity contribution is -0.136. The largest absolute Gasteiger partial charge is 0.487 e. The summed E-state index contributed by atoms with van der Waals surface area (Å²) in [7, 11) is 1.62. The van der Waals surface area contributed by atoms with Crippen molar-refractivity contribution < 1.29 is 13.9 Å². The summed E-state index contributed by atoms with van der Waals surface area (Å²) in [6.45, 7) is 0. The van der Waals surface area contributed by atoms with Crippen LogP contribution in [0.25, 0.3) is 11.1 Å². The third-order valence-corrected chi connectivity index (χ3v) is 6.38. The van der Waals surface area contributed by atoms with Crippen LogP contribution in [0.1, 0.15) is 31.2 Å². The third-order valence-electron chi connectivity index (χ3n) is 6.14.